The Morgan fingerprint density at radius 3 is 2.69 bits per heavy atom. The minimum atomic E-state index is -0.206. The molecule has 2 unspecified atom stereocenters. The summed E-state index contributed by atoms with van der Waals surface area (Å²) in [6, 6.07) is 15.0. The summed E-state index contributed by atoms with van der Waals surface area (Å²) in [4.78, 5) is 29.1. The third-order valence-corrected chi connectivity index (χ3v) is 6.46. The van der Waals surface area contributed by atoms with Gasteiger partial charge in [0.2, 0.25) is 17.6 Å². The van der Waals surface area contributed by atoms with E-state index in [0.29, 0.717) is 29.3 Å². The van der Waals surface area contributed by atoms with Gasteiger partial charge in [-0.3, -0.25) is 9.59 Å². The number of aromatic nitrogens is 4. The summed E-state index contributed by atoms with van der Waals surface area (Å²) in [7, 11) is 1.61. The maximum Gasteiger partial charge on any atom is 0.272 e. The number of carbonyl (C=O) groups is 1. The Labute approximate surface area is 207 Å². The predicted octanol–water partition coefficient (Wildman–Crippen LogP) is 3.45. The number of hydrogen-bond donors (Lipinski definition) is 3. The third-order valence-electron chi connectivity index (χ3n) is 6.46. The molecule has 3 N–H and O–H groups in total. The average Bonchev–Trinajstić information content (AvgIpc) is 3.39. The SMILES string of the molecule is COc1ccc(-c2noc(CCC(=O)NC3CCCC(Nc4n[nH]c(=O)c5ccccc45)C3)n2)cc1. The van der Waals surface area contributed by atoms with Gasteiger partial charge >= 0.3 is 0 Å². The number of anilines is 1. The van der Waals surface area contributed by atoms with E-state index in [2.05, 4.69) is 31.0 Å². The second-order valence-corrected chi connectivity index (χ2v) is 8.96. The molecule has 0 radical (unpaired) electrons. The quantitative estimate of drug-likeness (QED) is 0.343. The number of benzene rings is 2. The number of ether oxygens (including phenoxy) is 1. The fourth-order valence-corrected chi connectivity index (χ4v) is 4.60. The molecule has 1 aliphatic rings. The monoisotopic (exact) mass is 488 g/mol. The minimum absolute atomic E-state index is 0.0440. The lowest BCUT2D eigenvalue weighted by molar-refractivity contribution is -0.122. The fourth-order valence-electron chi connectivity index (χ4n) is 4.60. The lowest BCUT2D eigenvalue weighted by Crippen LogP contribution is -2.42. The smallest absolute Gasteiger partial charge is 0.272 e. The van der Waals surface area contributed by atoms with Crippen LogP contribution in [0.5, 0.6) is 5.75 Å². The Balaban J connectivity index is 1.13. The maximum absolute atomic E-state index is 12.6. The second-order valence-electron chi connectivity index (χ2n) is 8.96. The first-order valence-corrected chi connectivity index (χ1v) is 12.1. The first-order chi connectivity index (χ1) is 17.6. The van der Waals surface area contributed by atoms with Gasteiger partial charge in [0.1, 0.15) is 5.75 Å². The standard InChI is InChI=1S/C26H28N6O4/c1-35-19-11-9-16(10-12-19)24-29-23(36-32-24)14-13-22(33)27-17-5-4-6-18(15-17)28-25-20-7-2-3-8-21(20)26(34)31-30-25/h2-3,7-12,17-18H,4-6,13-15H2,1H3,(H,27,33)(H,28,30)(H,31,34). The first-order valence-electron chi connectivity index (χ1n) is 12.1. The van der Waals surface area contributed by atoms with Gasteiger partial charge in [-0.1, -0.05) is 23.4 Å². The molecule has 2 atom stereocenters. The molecule has 1 saturated carbocycles. The van der Waals surface area contributed by atoms with Crippen LogP contribution in [0.15, 0.2) is 57.8 Å². The van der Waals surface area contributed by atoms with Crippen LogP contribution in [0.1, 0.15) is 38.0 Å². The van der Waals surface area contributed by atoms with E-state index in [4.69, 9.17) is 9.26 Å². The molecule has 5 rings (SSSR count). The highest BCUT2D eigenvalue weighted by Gasteiger charge is 2.24. The molecule has 0 aliphatic heterocycles. The number of rotatable bonds is 8. The van der Waals surface area contributed by atoms with Crippen molar-refractivity contribution in [3.8, 4) is 17.1 Å². The number of aromatic amines is 1. The number of methoxy groups -OCH3 is 1. The molecule has 2 heterocycles. The Hall–Kier alpha value is -4.21. The van der Waals surface area contributed by atoms with E-state index in [1.54, 1.807) is 13.2 Å². The predicted molar refractivity (Wildman–Crippen MR) is 135 cm³/mol. The molecule has 4 aromatic rings. The van der Waals surface area contributed by atoms with E-state index in [0.717, 1.165) is 42.4 Å². The van der Waals surface area contributed by atoms with Crippen LogP contribution in [0.4, 0.5) is 5.82 Å². The lowest BCUT2D eigenvalue weighted by Gasteiger charge is -2.30. The van der Waals surface area contributed by atoms with Crippen LogP contribution in [0.25, 0.3) is 22.2 Å². The van der Waals surface area contributed by atoms with Crippen molar-refractivity contribution in [2.24, 2.45) is 0 Å². The summed E-state index contributed by atoms with van der Waals surface area (Å²) in [6.45, 7) is 0. The summed E-state index contributed by atoms with van der Waals surface area (Å²) < 4.78 is 10.5. The third kappa shape index (κ3) is 5.37. The van der Waals surface area contributed by atoms with Crippen LogP contribution in [0.3, 0.4) is 0 Å². The largest absolute Gasteiger partial charge is 0.497 e. The van der Waals surface area contributed by atoms with Crippen molar-refractivity contribution >= 4 is 22.5 Å². The van der Waals surface area contributed by atoms with E-state index in [1.165, 1.54) is 0 Å². The zero-order chi connectivity index (χ0) is 24.9. The van der Waals surface area contributed by atoms with Crippen molar-refractivity contribution in [1.82, 2.24) is 25.7 Å². The summed E-state index contributed by atoms with van der Waals surface area (Å²) in [5.74, 6) is 2.28. The number of hydrogen-bond acceptors (Lipinski definition) is 8. The molecule has 2 aromatic heterocycles. The number of fused-ring (bicyclic) bond motifs is 1. The molecule has 0 spiro atoms. The van der Waals surface area contributed by atoms with E-state index >= 15 is 0 Å². The van der Waals surface area contributed by atoms with Gasteiger partial charge in [-0.2, -0.15) is 10.1 Å². The number of amides is 1. The normalized spacial score (nSPS) is 17.6. The topological polar surface area (TPSA) is 135 Å². The number of nitrogens with zero attached hydrogens (tertiary/aromatic N) is 3. The van der Waals surface area contributed by atoms with Crippen LogP contribution in [0, 0.1) is 0 Å². The molecule has 1 fully saturated rings. The number of aryl methyl sites for hydroxylation is 1. The highest BCUT2D eigenvalue weighted by atomic mass is 16.5. The highest BCUT2D eigenvalue weighted by molar-refractivity contribution is 5.90. The zero-order valence-corrected chi connectivity index (χ0v) is 20.0. The van der Waals surface area contributed by atoms with Crippen LogP contribution in [0.2, 0.25) is 0 Å². The van der Waals surface area contributed by atoms with Crippen molar-refractivity contribution in [3.05, 3.63) is 64.8 Å². The summed E-state index contributed by atoms with van der Waals surface area (Å²) in [5.41, 5.74) is 0.614. The van der Waals surface area contributed by atoms with Crippen molar-refractivity contribution in [2.45, 2.75) is 50.6 Å². The van der Waals surface area contributed by atoms with E-state index in [-0.39, 0.29) is 30.0 Å². The van der Waals surface area contributed by atoms with Gasteiger partial charge in [0.15, 0.2) is 5.82 Å². The average molecular weight is 489 g/mol. The molecule has 2 aromatic carbocycles. The number of H-pyrrole nitrogens is 1. The van der Waals surface area contributed by atoms with Gasteiger partial charge in [-0.15, -0.1) is 0 Å². The van der Waals surface area contributed by atoms with Crippen LogP contribution >= 0.6 is 0 Å². The second kappa shape index (κ2) is 10.6. The molecule has 0 saturated heterocycles. The molecule has 36 heavy (non-hydrogen) atoms. The van der Waals surface area contributed by atoms with Crippen molar-refractivity contribution < 1.29 is 14.1 Å². The van der Waals surface area contributed by atoms with Crippen LogP contribution in [-0.2, 0) is 11.2 Å². The van der Waals surface area contributed by atoms with Crippen molar-refractivity contribution in [1.29, 1.82) is 0 Å². The Morgan fingerprint density at radius 2 is 1.89 bits per heavy atom. The minimum Gasteiger partial charge on any atom is -0.497 e. The van der Waals surface area contributed by atoms with Crippen LogP contribution < -0.4 is 20.9 Å². The van der Waals surface area contributed by atoms with E-state index < -0.39 is 0 Å². The molecule has 10 heteroatoms. The molecule has 1 amide bonds. The van der Waals surface area contributed by atoms with E-state index in [1.807, 2.05) is 42.5 Å². The number of carbonyl (C=O) groups excluding carboxylic acids is 1. The zero-order valence-electron chi connectivity index (χ0n) is 20.0. The molecular weight excluding hydrogens is 460 g/mol. The fraction of sp³-hybridized carbons (Fsp3) is 0.346. The molecule has 1 aliphatic carbocycles. The van der Waals surface area contributed by atoms with Crippen molar-refractivity contribution in [2.75, 3.05) is 12.4 Å². The molecule has 186 valence electrons. The maximum atomic E-state index is 12.6. The summed E-state index contributed by atoms with van der Waals surface area (Å²) >= 11 is 0. The molecular formula is C26H28N6O4. The van der Waals surface area contributed by atoms with Crippen LogP contribution in [-0.4, -0.2) is 45.4 Å². The molecule has 10 nitrogen and oxygen atoms in total. The van der Waals surface area contributed by atoms with Gasteiger partial charge in [-0.25, -0.2) is 5.10 Å². The summed E-state index contributed by atoms with van der Waals surface area (Å²) in [6.07, 6.45) is 4.30. The first kappa shape index (κ1) is 23.5. The molecule has 0 bridgehead atoms. The van der Waals surface area contributed by atoms with Gasteiger partial charge in [0.05, 0.1) is 12.5 Å². The van der Waals surface area contributed by atoms with Gasteiger partial charge < -0.3 is 19.9 Å². The van der Waals surface area contributed by atoms with Gasteiger partial charge in [0, 0.05) is 35.9 Å². The summed E-state index contributed by atoms with van der Waals surface area (Å²) in [5, 5.41) is 18.8. The van der Waals surface area contributed by atoms with Crippen molar-refractivity contribution in [3.63, 3.8) is 0 Å². The van der Waals surface area contributed by atoms with Gasteiger partial charge in [-0.05, 0) is 56.0 Å². The lowest BCUT2D eigenvalue weighted by atomic mass is 9.90. The highest BCUT2D eigenvalue weighted by Crippen LogP contribution is 2.25. The number of nitrogens with one attached hydrogen (secondary N) is 3. The Kier molecular flexibility index (Phi) is 6.92. The van der Waals surface area contributed by atoms with E-state index in [9.17, 15) is 9.59 Å². The Morgan fingerprint density at radius 1 is 1.11 bits per heavy atom. The Bertz CT molecular complexity index is 1400. The van der Waals surface area contributed by atoms with Gasteiger partial charge in [0.25, 0.3) is 5.56 Å².